The molecule has 0 heterocycles. The van der Waals surface area contributed by atoms with Gasteiger partial charge in [0.25, 0.3) is 6.47 Å². The normalized spacial score (nSPS) is 15.2. The lowest BCUT2D eigenvalue weighted by Crippen LogP contribution is -2.12. The van der Waals surface area contributed by atoms with Crippen LogP contribution in [0.4, 0.5) is 0 Å². The Morgan fingerprint density at radius 1 is 0.900 bits per heavy atom. The van der Waals surface area contributed by atoms with Gasteiger partial charge >= 0.3 is 0 Å². The number of aryl methyl sites for hydroxylation is 3. The molecule has 1 fully saturated rings. The van der Waals surface area contributed by atoms with Gasteiger partial charge in [-0.2, -0.15) is 0 Å². The zero-order valence-electron chi connectivity index (χ0n) is 20.4. The highest BCUT2D eigenvalue weighted by atomic mass is 16.5. The van der Waals surface area contributed by atoms with Gasteiger partial charge in [0.15, 0.2) is 0 Å². The minimum atomic E-state index is -0.0720. The van der Waals surface area contributed by atoms with Gasteiger partial charge in [-0.05, 0) is 99.3 Å². The standard InChI is InChI=1S/C28H46O2/c1-23-20-25(14-10-6-9-13-17-28(18-19-28)30-22-29)21-26(24(23)2)15-11-7-8-12-16-27(3,4)5/h20-22H,6-19H2,1-5H3. The highest BCUT2D eigenvalue weighted by Crippen LogP contribution is 2.43. The van der Waals surface area contributed by atoms with Crippen molar-refractivity contribution in [2.45, 2.75) is 130 Å². The van der Waals surface area contributed by atoms with Gasteiger partial charge in [-0.15, -0.1) is 0 Å². The predicted molar refractivity (Wildman–Crippen MR) is 128 cm³/mol. The third-order valence-electron chi connectivity index (χ3n) is 6.91. The van der Waals surface area contributed by atoms with Gasteiger partial charge in [0, 0.05) is 0 Å². The summed E-state index contributed by atoms with van der Waals surface area (Å²) in [7, 11) is 0. The summed E-state index contributed by atoms with van der Waals surface area (Å²) in [6, 6.07) is 4.88. The summed E-state index contributed by atoms with van der Waals surface area (Å²) >= 11 is 0. The molecular formula is C28H46O2. The zero-order valence-corrected chi connectivity index (χ0v) is 20.4. The summed E-state index contributed by atoms with van der Waals surface area (Å²) in [5, 5.41) is 0. The lowest BCUT2D eigenvalue weighted by molar-refractivity contribution is -0.135. The monoisotopic (exact) mass is 414 g/mol. The number of hydrogen-bond donors (Lipinski definition) is 0. The zero-order chi connectivity index (χ0) is 22.0. The molecule has 1 aliphatic carbocycles. The quantitative estimate of drug-likeness (QED) is 0.214. The molecule has 1 aromatic carbocycles. The van der Waals surface area contributed by atoms with Crippen LogP contribution in [0.2, 0.25) is 0 Å². The van der Waals surface area contributed by atoms with Crippen molar-refractivity contribution in [3.05, 3.63) is 34.4 Å². The molecule has 30 heavy (non-hydrogen) atoms. The Hall–Kier alpha value is -1.31. The van der Waals surface area contributed by atoms with Crippen molar-refractivity contribution in [3.8, 4) is 0 Å². The number of unbranched alkanes of at least 4 members (excludes halogenated alkanes) is 6. The topological polar surface area (TPSA) is 26.3 Å². The predicted octanol–water partition coefficient (Wildman–Crippen LogP) is 8.04. The minimum absolute atomic E-state index is 0.0720. The summed E-state index contributed by atoms with van der Waals surface area (Å²) in [6.45, 7) is 12.2. The number of carbonyl (C=O) groups excluding carboxylic acids is 1. The Morgan fingerprint density at radius 3 is 2.17 bits per heavy atom. The Morgan fingerprint density at radius 2 is 1.53 bits per heavy atom. The molecule has 0 spiro atoms. The van der Waals surface area contributed by atoms with Crippen LogP contribution in [-0.2, 0) is 22.4 Å². The first-order chi connectivity index (χ1) is 14.2. The van der Waals surface area contributed by atoms with Crippen molar-refractivity contribution in [2.75, 3.05) is 0 Å². The molecule has 0 aromatic heterocycles. The maximum Gasteiger partial charge on any atom is 0.293 e. The van der Waals surface area contributed by atoms with E-state index < -0.39 is 0 Å². The summed E-state index contributed by atoms with van der Waals surface area (Å²) in [5.41, 5.74) is 6.45. The van der Waals surface area contributed by atoms with Crippen LogP contribution in [0.3, 0.4) is 0 Å². The largest absolute Gasteiger partial charge is 0.461 e. The minimum Gasteiger partial charge on any atom is -0.461 e. The Kier molecular flexibility index (Phi) is 9.91. The third kappa shape index (κ3) is 9.23. The molecule has 1 aromatic rings. The first kappa shape index (κ1) is 25.0. The summed E-state index contributed by atoms with van der Waals surface area (Å²) in [5.74, 6) is 0. The second-order valence-corrected chi connectivity index (χ2v) is 11.0. The van der Waals surface area contributed by atoms with Crippen LogP contribution in [0.5, 0.6) is 0 Å². The molecule has 1 aliphatic rings. The summed E-state index contributed by atoms with van der Waals surface area (Å²) in [6.07, 6.45) is 17.3. The van der Waals surface area contributed by atoms with Crippen LogP contribution in [0, 0.1) is 19.3 Å². The van der Waals surface area contributed by atoms with Crippen molar-refractivity contribution in [1.82, 2.24) is 0 Å². The molecule has 0 unspecified atom stereocenters. The first-order valence-corrected chi connectivity index (χ1v) is 12.5. The van der Waals surface area contributed by atoms with E-state index in [0.29, 0.717) is 11.9 Å². The Balaban J connectivity index is 1.66. The molecule has 2 heteroatoms. The van der Waals surface area contributed by atoms with Gasteiger partial charge in [-0.25, -0.2) is 0 Å². The van der Waals surface area contributed by atoms with Crippen LogP contribution >= 0.6 is 0 Å². The molecular weight excluding hydrogens is 368 g/mol. The smallest absolute Gasteiger partial charge is 0.293 e. The van der Waals surface area contributed by atoms with Crippen LogP contribution < -0.4 is 0 Å². The van der Waals surface area contributed by atoms with E-state index in [4.69, 9.17) is 4.74 Å². The van der Waals surface area contributed by atoms with E-state index in [9.17, 15) is 4.79 Å². The molecule has 0 aliphatic heterocycles. The van der Waals surface area contributed by atoms with E-state index in [-0.39, 0.29) is 5.60 Å². The van der Waals surface area contributed by atoms with E-state index in [1.165, 1.54) is 87.3 Å². The van der Waals surface area contributed by atoms with Crippen molar-refractivity contribution >= 4 is 6.47 Å². The maximum atomic E-state index is 10.6. The van der Waals surface area contributed by atoms with Gasteiger partial charge in [-0.1, -0.05) is 65.0 Å². The fourth-order valence-electron chi connectivity index (χ4n) is 4.54. The Bertz CT molecular complexity index is 649. The lowest BCUT2D eigenvalue weighted by Gasteiger charge is -2.17. The SMILES string of the molecule is Cc1cc(CCCCCCC2(OC=O)CC2)cc(CCCCCCC(C)(C)C)c1C. The van der Waals surface area contributed by atoms with E-state index in [0.717, 1.165) is 19.3 Å². The molecule has 2 rings (SSSR count). The fraction of sp³-hybridized carbons (Fsp3) is 0.750. The van der Waals surface area contributed by atoms with Crippen molar-refractivity contribution in [3.63, 3.8) is 0 Å². The maximum absolute atomic E-state index is 10.6. The number of hydrogen-bond acceptors (Lipinski definition) is 2. The van der Waals surface area contributed by atoms with Crippen molar-refractivity contribution in [2.24, 2.45) is 5.41 Å². The number of ether oxygens (including phenoxy) is 1. The molecule has 0 saturated heterocycles. The number of carbonyl (C=O) groups is 1. The second kappa shape index (κ2) is 11.9. The highest BCUT2D eigenvalue weighted by molar-refractivity contribution is 5.39. The molecule has 170 valence electrons. The van der Waals surface area contributed by atoms with E-state index >= 15 is 0 Å². The number of rotatable bonds is 15. The highest BCUT2D eigenvalue weighted by Gasteiger charge is 2.44. The molecule has 0 atom stereocenters. The fourth-order valence-corrected chi connectivity index (χ4v) is 4.54. The van der Waals surface area contributed by atoms with E-state index in [2.05, 4.69) is 46.8 Å². The van der Waals surface area contributed by atoms with Crippen LogP contribution in [0.15, 0.2) is 12.1 Å². The van der Waals surface area contributed by atoms with Gasteiger partial charge < -0.3 is 4.74 Å². The van der Waals surface area contributed by atoms with Crippen molar-refractivity contribution in [1.29, 1.82) is 0 Å². The first-order valence-electron chi connectivity index (χ1n) is 12.5. The summed E-state index contributed by atoms with van der Waals surface area (Å²) < 4.78 is 5.24. The van der Waals surface area contributed by atoms with Gasteiger partial charge in [0.05, 0.1) is 0 Å². The molecule has 0 radical (unpaired) electrons. The average molecular weight is 415 g/mol. The molecule has 0 bridgehead atoms. The van der Waals surface area contributed by atoms with Gasteiger partial charge in [0.1, 0.15) is 5.60 Å². The van der Waals surface area contributed by atoms with Gasteiger partial charge in [0.2, 0.25) is 0 Å². The molecule has 1 saturated carbocycles. The van der Waals surface area contributed by atoms with E-state index in [1.54, 1.807) is 5.56 Å². The number of benzene rings is 1. The second-order valence-electron chi connectivity index (χ2n) is 11.0. The molecule has 0 N–H and O–H groups in total. The van der Waals surface area contributed by atoms with Crippen LogP contribution in [0.25, 0.3) is 0 Å². The Labute approximate surface area is 186 Å². The lowest BCUT2D eigenvalue weighted by atomic mass is 9.89. The van der Waals surface area contributed by atoms with Crippen LogP contribution in [-0.4, -0.2) is 12.1 Å². The van der Waals surface area contributed by atoms with Crippen LogP contribution in [0.1, 0.15) is 120 Å². The molecule has 2 nitrogen and oxygen atoms in total. The average Bonchev–Trinajstić information content (AvgIpc) is 3.43. The van der Waals surface area contributed by atoms with Gasteiger partial charge in [-0.3, -0.25) is 4.79 Å². The molecule has 0 amide bonds. The summed E-state index contributed by atoms with van der Waals surface area (Å²) in [4.78, 5) is 10.6. The van der Waals surface area contributed by atoms with E-state index in [1.807, 2.05) is 0 Å². The van der Waals surface area contributed by atoms with Crippen molar-refractivity contribution < 1.29 is 9.53 Å². The third-order valence-corrected chi connectivity index (χ3v) is 6.91.